The van der Waals surface area contributed by atoms with E-state index in [1.165, 1.54) is 24.0 Å². The SMILES string of the molecule is CC(C)c1ccc(CCC(=O)N2CCN(C(=O)C3CCCC3)CC2)cc1. The van der Waals surface area contributed by atoms with Gasteiger partial charge in [-0.3, -0.25) is 9.59 Å². The first-order valence-electron chi connectivity index (χ1n) is 10.2. The maximum absolute atomic E-state index is 12.5. The minimum Gasteiger partial charge on any atom is -0.339 e. The number of piperazine rings is 1. The van der Waals surface area contributed by atoms with Gasteiger partial charge in [0.1, 0.15) is 0 Å². The average Bonchev–Trinajstić information content (AvgIpc) is 3.20. The fraction of sp³-hybridized carbons (Fsp3) is 0.636. The molecule has 4 heteroatoms. The summed E-state index contributed by atoms with van der Waals surface area (Å²) in [6, 6.07) is 8.61. The van der Waals surface area contributed by atoms with E-state index in [9.17, 15) is 9.59 Å². The Bertz CT molecular complexity index is 610. The molecule has 4 nitrogen and oxygen atoms in total. The average molecular weight is 357 g/mol. The van der Waals surface area contributed by atoms with Crippen molar-refractivity contribution in [1.82, 2.24) is 9.80 Å². The lowest BCUT2D eigenvalue weighted by Gasteiger charge is -2.36. The largest absolute Gasteiger partial charge is 0.339 e. The summed E-state index contributed by atoms with van der Waals surface area (Å²) >= 11 is 0. The van der Waals surface area contributed by atoms with Crippen molar-refractivity contribution in [1.29, 1.82) is 0 Å². The molecule has 0 atom stereocenters. The molecule has 26 heavy (non-hydrogen) atoms. The van der Waals surface area contributed by atoms with Crippen molar-refractivity contribution >= 4 is 11.8 Å². The molecule has 1 saturated carbocycles. The van der Waals surface area contributed by atoms with Gasteiger partial charge in [-0.05, 0) is 36.3 Å². The third-order valence-electron chi connectivity index (χ3n) is 5.92. The Morgan fingerprint density at radius 3 is 2.12 bits per heavy atom. The quantitative estimate of drug-likeness (QED) is 0.809. The first-order chi connectivity index (χ1) is 12.5. The van der Waals surface area contributed by atoms with Gasteiger partial charge < -0.3 is 9.80 Å². The fourth-order valence-electron chi connectivity index (χ4n) is 4.09. The first kappa shape index (κ1) is 18.9. The standard InChI is InChI=1S/C22H32N2O2/c1-17(2)19-10-7-18(8-11-19)9-12-21(25)23-13-15-24(16-14-23)22(26)20-5-3-4-6-20/h7-8,10-11,17,20H,3-6,9,12-16H2,1-2H3. The molecule has 0 spiro atoms. The molecule has 1 aromatic carbocycles. The van der Waals surface area contributed by atoms with Crippen molar-refractivity contribution in [3.63, 3.8) is 0 Å². The molecular formula is C22H32N2O2. The van der Waals surface area contributed by atoms with E-state index in [1.54, 1.807) is 0 Å². The van der Waals surface area contributed by atoms with E-state index in [0.29, 0.717) is 44.4 Å². The molecular weight excluding hydrogens is 324 g/mol. The van der Waals surface area contributed by atoms with Crippen LogP contribution in [-0.2, 0) is 16.0 Å². The van der Waals surface area contributed by atoms with E-state index >= 15 is 0 Å². The summed E-state index contributed by atoms with van der Waals surface area (Å²) in [6.07, 6.45) is 5.82. The fourth-order valence-corrected chi connectivity index (χ4v) is 4.09. The molecule has 1 saturated heterocycles. The lowest BCUT2D eigenvalue weighted by Crippen LogP contribution is -2.51. The highest BCUT2D eigenvalue weighted by Gasteiger charge is 2.30. The maximum atomic E-state index is 12.5. The monoisotopic (exact) mass is 356 g/mol. The van der Waals surface area contributed by atoms with Gasteiger partial charge in [0.2, 0.25) is 11.8 Å². The number of benzene rings is 1. The zero-order valence-electron chi connectivity index (χ0n) is 16.2. The van der Waals surface area contributed by atoms with Crippen molar-refractivity contribution < 1.29 is 9.59 Å². The van der Waals surface area contributed by atoms with Crippen molar-refractivity contribution in [3.8, 4) is 0 Å². The summed E-state index contributed by atoms with van der Waals surface area (Å²) in [5.74, 6) is 1.31. The highest BCUT2D eigenvalue weighted by atomic mass is 16.2. The summed E-state index contributed by atoms with van der Waals surface area (Å²) < 4.78 is 0. The zero-order chi connectivity index (χ0) is 18.5. The minimum atomic E-state index is 0.214. The second-order valence-electron chi connectivity index (χ2n) is 8.08. The molecule has 2 fully saturated rings. The Labute approximate surface area is 157 Å². The van der Waals surface area contributed by atoms with Crippen molar-refractivity contribution in [2.24, 2.45) is 5.92 Å². The van der Waals surface area contributed by atoms with Gasteiger partial charge in [-0.15, -0.1) is 0 Å². The Kier molecular flexibility index (Phi) is 6.33. The number of hydrogen-bond donors (Lipinski definition) is 0. The van der Waals surface area contributed by atoms with Crippen LogP contribution >= 0.6 is 0 Å². The summed E-state index contributed by atoms with van der Waals surface area (Å²) in [7, 11) is 0. The van der Waals surface area contributed by atoms with Crippen LogP contribution in [0.1, 0.15) is 63.0 Å². The van der Waals surface area contributed by atoms with Crippen LogP contribution in [-0.4, -0.2) is 47.8 Å². The molecule has 2 amide bonds. The minimum absolute atomic E-state index is 0.214. The third kappa shape index (κ3) is 4.66. The molecule has 142 valence electrons. The smallest absolute Gasteiger partial charge is 0.225 e. The number of carbonyl (C=O) groups excluding carboxylic acids is 2. The number of rotatable bonds is 5. The molecule has 1 heterocycles. The van der Waals surface area contributed by atoms with Crippen LogP contribution in [0.3, 0.4) is 0 Å². The van der Waals surface area contributed by atoms with Gasteiger partial charge in [0, 0.05) is 38.5 Å². The zero-order valence-corrected chi connectivity index (χ0v) is 16.2. The van der Waals surface area contributed by atoms with Crippen LogP contribution in [0.4, 0.5) is 0 Å². The van der Waals surface area contributed by atoms with E-state index < -0.39 is 0 Å². The van der Waals surface area contributed by atoms with Crippen LogP contribution < -0.4 is 0 Å². The molecule has 0 radical (unpaired) electrons. The molecule has 0 unspecified atom stereocenters. The molecule has 1 aliphatic heterocycles. The van der Waals surface area contributed by atoms with Crippen LogP contribution in [0.15, 0.2) is 24.3 Å². The van der Waals surface area contributed by atoms with Crippen LogP contribution in [0.5, 0.6) is 0 Å². The summed E-state index contributed by atoms with van der Waals surface area (Å²) in [5.41, 5.74) is 2.56. The Morgan fingerprint density at radius 1 is 0.962 bits per heavy atom. The van der Waals surface area contributed by atoms with Gasteiger partial charge in [-0.1, -0.05) is 51.0 Å². The van der Waals surface area contributed by atoms with Crippen LogP contribution in [0.25, 0.3) is 0 Å². The maximum Gasteiger partial charge on any atom is 0.225 e. The first-order valence-corrected chi connectivity index (χ1v) is 10.2. The lowest BCUT2D eigenvalue weighted by molar-refractivity contribution is -0.142. The van der Waals surface area contributed by atoms with E-state index in [0.717, 1.165) is 19.3 Å². The molecule has 0 aromatic heterocycles. The second kappa shape index (κ2) is 8.70. The summed E-state index contributed by atoms with van der Waals surface area (Å²) in [6.45, 7) is 7.15. The number of carbonyl (C=O) groups is 2. The molecule has 2 aliphatic rings. The molecule has 1 aromatic rings. The van der Waals surface area contributed by atoms with Gasteiger partial charge in [-0.2, -0.15) is 0 Å². The van der Waals surface area contributed by atoms with Crippen molar-refractivity contribution in [2.75, 3.05) is 26.2 Å². The molecule has 0 bridgehead atoms. The van der Waals surface area contributed by atoms with Crippen molar-refractivity contribution in [3.05, 3.63) is 35.4 Å². The highest BCUT2D eigenvalue weighted by molar-refractivity contribution is 5.80. The highest BCUT2D eigenvalue weighted by Crippen LogP contribution is 2.27. The van der Waals surface area contributed by atoms with Gasteiger partial charge in [0.15, 0.2) is 0 Å². The predicted molar refractivity (Wildman–Crippen MR) is 104 cm³/mol. The van der Waals surface area contributed by atoms with E-state index in [-0.39, 0.29) is 11.8 Å². The predicted octanol–water partition coefficient (Wildman–Crippen LogP) is 3.60. The summed E-state index contributed by atoms with van der Waals surface area (Å²) in [4.78, 5) is 28.9. The second-order valence-corrected chi connectivity index (χ2v) is 8.08. The molecule has 1 aliphatic carbocycles. The van der Waals surface area contributed by atoms with Crippen LogP contribution in [0, 0.1) is 5.92 Å². The van der Waals surface area contributed by atoms with E-state index in [4.69, 9.17) is 0 Å². The number of nitrogens with zero attached hydrogens (tertiary/aromatic N) is 2. The van der Waals surface area contributed by atoms with E-state index in [1.807, 2.05) is 9.80 Å². The van der Waals surface area contributed by atoms with Gasteiger partial charge in [0.05, 0.1) is 0 Å². The number of aryl methyl sites for hydroxylation is 1. The third-order valence-corrected chi connectivity index (χ3v) is 5.92. The Morgan fingerprint density at radius 2 is 1.54 bits per heavy atom. The molecule has 0 N–H and O–H groups in total. The van der Waals surface area contributed by atoms with Gasteiger partial charge >= 0.3 is 0 Å². The van der Waals surface area contributed by atoms with E-state index in [2.05, 4.69) is 38.1 Å². The van der Waals surface area contributed by atoms with Gasteiger partial charge in [-0.25, -0.2) is 0 Å². The van der Waals surface area contributed by atoms with Gasteiger partial charge in [0.25, 0.3) is 0 Å². The summed E-state index contributed by atoms with van der Waals surface area (Å²) in [5, 5.41) is 0. The normalized spacial score (nSPS) is 18.6. The lowest BCUT2D eigenvalue weighted by atomic mass is 10.00. The van der Waals surface area contributed by atoms with Crippen LogP contribution in [0.2, 0.25) is 0 Å². The van der Waals surface area contributed by atoms with Crippen molar-refractivity contribution in [2.45, 2.75) is 58.3 Å². The topological polar surface area (TPSA) is 40.6 Å². The number of hydrogen-bond acceptors (Lipinski definition) is 2. The Hall–Kier alpha value is -1.84. The number of amides is 2. The Balaban J connectivity index is 1.42. The molecule has 3 rings (SSSR count).